The lowest BCUT2D eigenvalue weighted by atomic mass is 10.1. The Morgan fingerprint density at radius 3 is 2.60 bits per heavy atom. The third kappa shape index (κ3) is 6.33. The van der Waals surface area contributed by atoms with Gasteiger partial charge >= 0.3 is 0 Å². The van der Waals surface area contributed by atoms with Crippen molar-refractivity contribution in [3.63, 3.8) is 0 Å². The Balaban J connectivity index is 1.35. The molecule has 1 saturated carbocycles. The minimum absolute atomic E-state index is 0.540. The predicted octanol–water partition coefficient (Wildman–Crippen LogP) is 2.39. The summed E-state index contributed by atoms with van der Waals surface area (Å²) < 4.78 is 5.72. The zero-order valence-electron chi connectivity index (χ0n) is 15.4. The van der Waals surface area contributed by atoms with Crippen LogP contribution in [0.5, 0.6) is 0 Å². The van der Waals surface area contributed by atoms with E-state index in [1.165, 1.54) is 44.3 Å². The van der Waals surface area contributed by atoms with E-state index in [9.17, 15) is 0 Å². The Morgan fingerprint density at radius 1 is 1.16 bits per heavy atom. The first-order valence-corrected chi connectivity index (χ1v) is 9.75. The molecule has 2 aliphatic rings. The zero-order chi connectivity index (χ0) is 17.3. The third-order valence-electron chi connectivity index (χ3n) is 4.89. The van der Waals surface area contributed by atoms with Crippen molar-refractivity contribution in [3.8, 4) is 0 Å². The van der Waals surface area contributed by atoms with Gasteiger partial charge in [-0.15, -0.1) is 0 Å². The van der Waals surface area contributed by atoms with Gasteiger partial charge in [-0.2, -0.15) is 0 Å². The topological polar surface area (TPSA) is 48.9 Å². The highest BCUT2D eigenvalue weighted by Crippen LogP contribution is 2.29. The Hall–Kier alpha value is -1.59. The molecule has 25 heavy (non-hydrogen) atoms. The van der Waals surface area contributed by atoms with Crippen LogP contribution < -0.4 is 10.6 Å². The molecule has 0 amide bonds. The lowest BCUT2D eigenvalue weighted by Crippen LogP contribution is -2.49. The van der Waals surface area contributed by atoms with Crippen molar-refractivity contribution in [1.82, 2.24) is 15.5 Å². The van der Waals surface area contributed by atoms with Crippen molar-refractivity contribution in [2.24, 2.45) is 4.99 Å². The molecule has 1 aliphatic heterocycles. The number of piperidine rings is 1. The number of nitrogens with zero attached hydrogens (tertiary/aromatic N) is 2. The number of rotatable bonds is 8. The van der Waals surface area contributed by atoms with E-state index in [-0.39, 0.29) is 0 Å². The first-order valence-electron chi connectivity index (χ1n) is 9.75. The highest BCUT2D eigenvalue weighted by atomic mass is 16.5. The van der Waals surface area contributed by atoms with E-state index in [1.807, 2.05) is 18.2 Å². The summed E-state index contributed by atoms with van der Waals surface area (Å²) in [6.07, 6.45) is 5.24. The smallest absolute Gasteiger partial charge is 0.191 e. The Labute approximate surface area is 151 Å². The summed E-state index contributed by atoms with van der Waals surface area (Å²) in [6, 6.07) is 11.7. The molecule has 138 valence electrons. The molecule has 1 saturated heterocycles. The van der Waals surface area contributed by atoms with Crippen LogP contribution in [0.2, 0.25) is 0 Å². The molecule has 0 bridgehead atoms. The quantitative estimate of drug-likeness (QED) is 0.432. The monoisotopic (exact) mass is 344 g/mol. The van der Waals surface area contributed by atoms with Crippen LogP contribution in [0.25, 0.3) is 0 Å². The fraction of sp³-hybridized carbons (Fsp3) is 0.650. The molecule has 5 nitrogen and oxygen atoms in total. The van der Waals surface area contributed by atoms with Crippen LogP contribution >= 0.6 is 0 Å². The highest BCUT2D eigenvalue weighted by molar-refractivity contribution is 5.80. The Kier molecular flexibility index (Phi) is 7.12. The van der Waals surface area contributed by atoms with Crippen molar-refractivity contribution >= 4 is 5.96 Å². The number of benzene rings is 1. The molecule has 2 N–H and O–H groups in total. The second kappa shape index (κ2) is 9.78. The van der Waals surface area contributed by atoms with Crippen LogP contribution in [0.3, 0.4) is 0 Å². The molecule has 3 rings (SSSR count). The molecule has 0 radical (unpaired) electrons. The number of aliphatic imine (C=N–C) groups is 1. The van der Waals surface area contributed by atoms with E-state index in [0.29, 0.717) is 25.8 Å². The predicted molar refractivity (Wildman–Crippen MR) is 103 cm³/mol. The minimum atomic E-state index is 0.540. The average Bonchev–Trinajstić information content (AvgIpc) is 3.48. The van der Waals surface area contributed by atoms with E-state index in [0.717, 1.165) is 18.5 Å². The first kappa shape index (κ1) is 18.2. The fourth-order valence-corrected chi connectivity index (χ4v) is 3.35. The van der Waals surface area contributed by atoms with Crippen molar-refractivity contribution < 1.29 is 4.74 Å². The molecule has 0 spiro atoms. The third-order valence-corrected chi connectivity index (χ3v) is 4.89. The molecule has 2 fully saturated rings. The van der Waals surface area contributed by atoms with Crippen molar-refractivity contribution in [2.75, 3.05) is 32.8 Å². The van der Waals surface area contributed by atoms with E-state index in [1.54, 1.807) is 0 Å². The van der Waals surface area contributed by atoms with Crippen LogP contribution in [0.15, 0.2) is 35.3 Å². The van der Waals surface area contributed by atoms with Gasteiger partial charge in [0.15, 0.2) is 5.96 Å². The number of likely N-dealkylation sites (tertiary alicyclic amines) is 1. The van der Waals surface area contributed by atoms with Gasteiger partial charge in [0.05, 0.1) is 19.8 Å². The number of ether oxygens (including phenoxy) is 1. The van der Waals surface area contributed by atoms with E-state index in [4.69, 9.17) is 4.74 Å². The number of nitrogens with one attached hydrogen (secondary N) is 2. The molecular weight excluding hydrogens is 312 g/mol. The molecule has 1 heterocycles. The van der Waals surface area contributed by atoms with Crippen LogP contribution in [-0.2, 0) is 11.3 Å². The summed E-state index contributed by atoms with van der Waals surface area (Å²) in [5.41, 5.74) is 1.21. The second-order valence-corrected chi connectivity index (χ2v) is 6.98. The van der Waals surface area contributed by atoms with Crippen molar-refractivity contribution in [3.05, 3.63) is 35.9 Å². The van der Waals surface area contributed by atoms with Gasteiger partial charge in [-0.25, -0.2) is 0 Å². The molecule has 1 aliphatic carbocycles. The first-order chi connectivity index (χ1) is 12.3. The summed E-state index contributed by atoms with van der Waals surface area (Å²) in [7, 11) is 0. The maximum Gasteiger partial charge on any atom is 0.191 e. The summed E-state index contributed by atoms with van der Waals surface area (Å²) in [5, 5.41) is 6.96. The van der Waals surface area contributed by atoms with Gasteiger partial charge in [0.25, 0.3) is 0 Å². The molecule has 1 aromatic rings. The lowest BCUT2D eigenvalue weighted by Gasteiger charge is -2.33. The summed E-state index contributed by atoms with van der Waals surface area (Å²) >= 11 is 0. The summed E-state index contributed by atoms with van der Waals surface area (Å²) in [6.45, 7) is 7.43. The minimum Gasteiger partial charge on any atom is -0.375 e. The largest absolute Gasteiger partial charge is 0.375 e. The number of guanidine groups is 1. The molecular formula is C20H32N4O. The number of hydrogen-bond donors (Lipinski definition) is 2. The van der Waals surface area contributed by atoms with E-state index < -0.39 is 0 Å². The molecule has 1 aromatic carbocycles. The molecule has 0 atom stereocenters. The maximum atomic E-state index is 5.72. The normalized spacial score (nSPS) is 19.8. The van der Waals surface area contributed by atoms with Crippen molar-refractivity contribution in [1.29, 1.82) is 0 Å². The number of hydrogen-bond acceptors (Lipinski definition) is 3. The van der Waals surface area contributed by atoms with Gasteiger partial charge in [-0.1, -0.05) is 30.3 Å². The Morgan fingerprint density at radius 2 is 1.92 bits per heavy atom. The van der Waals surface area contributed by atoms with Gasteiger partial charge in [-0.3, -0.25) is 4.99 Å². The maximum absolute atomic E-state index is 5.72. The van der Waals surface area contributed by atoms with Gasteiger partial charge in [0, 0.05) is 31.7 Å². The fourth-order valence-electron chi connectivity index (χ4n) is 3.35. The van der Waals surface area contributed by atoms with Gasteiger partial charge in [-0.05, 0) is 38.2 Å². The van der Waals surface area contributed by atoms with Crippen LogP contribution in [0.1, 0.15) is 38.2 Å². The van der Waals surface area contributed by atoms with Crippen molar-refractivity contribution in [2.45, 2.75) is 51.3 Å². The van der Waals surface area contributed by atoms with E-state index >= 15 is 0 Å². The Bertz CT molecular complexity index is 522. The molecule has 0 aromatic heterocycles. The highest BCUT2D eigenvalue weighted by Gasteiger charge is 2.31. The van der Waals surface area contributed by atoms with Gasteiger partial charge in [0.2, 0.25) is 0 Å². The van der Waals surface area contributed by atoms with Crippen LogP contribution in [0.4, 0.5) is 0 Å². The SMILES string of the molecule is CCNC(=NCCOCc1ccccc1)NC1CCN(C2CC2)CC1. The summed E-state index contributed by atoms with van der Waals surface area (Å²) in [4.78, 5) is 7.31. The molecule has 0 unspecified atom stereocenters. The average molecular weight is 345 g/mol. The van der Waals surface area contributed by atoms with E-state index in [2.05, 4.69) is 39.6 Å². The standard InChI is InChI=1S/C20H32N4O/c1-2-21-20(22-12-15-25-16-17-6-4-3-5-7-17)23-18-10-13-24(14-11-18)19-8-9-19/h3-7,18-19H,2,8-16H2,1H3,(H2,21,22,23). The van der Waals surface area contributed by atoms with Crippen LogP contribution in [0, 0.1) is 0 Å². The van der Waals surface area contributed by atoms with Crippen LogP contribution in [-0.4, -0.2) is 55.7 Å². The van der Waals surface area contributed by atoms with Gasteiger partial charge < -0.3 is 20.3 Å². The van der Waals surface area contributed by atoms with Gasteiger partial charge in [0.1, 0.15) is 0 Å². The lowest BCUT2D eigenvalue weighted by molar-refractivity contribution is 0.128. The molecule has 5 heteroatoms. The zero-order valence-corrected chi connectivity index (χ0v) is 15.4. The summed E-state index contributed by atoms with van der Waals surface area (Å²) in [5.74, 6) is 0.927. The second-order valence-electron chi connectivity index (χ2n) is 6.98.